The molecule has 2 fully saturated rings. The number of rotatable bonds is 6. The third-order valence-electron chi connectivity index (χ3n) is 6.70. The van der Waals surface area contributed by atoms with Crippen molar-refractivity contribution in [3.05, 3.63) is 41.8 Å². The van der Waals surface area contributed by atoms with Crippen molar-refractivity contribution < 1.29 is 9.18 Å². The van der Waals surface area contributed by atoms with E-state index in [1.165, 1.54) is 12.1 Å². The lowest BCUT2D eigenvalue weighted by Gasteiger charge is -2.32. The molecule has 2 unspecified atom stereocenters. The van der Waals surface area contributed by atoms with E-state index < -0.39 is 0 Å². The Morgan fingerprint density at radius 2 is 1.81 bits per heavy atom. The minimum atomic E-state index is -0.240. The molecule has 3 N–H and O–H groups in total. The highest BCUT2D eigenvalue weighted by Crippen LogP contribution is 2.22. The average molecular weight is 429 g/mol. The fourth-order valence-corrected chi connectivity index (χ4v) is 4.64. The van der Waals surface area contributed by atoms with Crippen molar-refractivity contribution in [1.29, 1.82) is 0 Å². The SMILES string of the molecule is CC1NNC(C)C1CC(=O)NC1CCN(Cc2cc(-c3ccc(F)cc3)nn2C)CC1. The van der Waals surface area contributed by atoms with Gasteiger partial charge in [-0.25, -0.2) is 4.39 Å². The number of aromatic nitrogens is 2. The van der Waals surface area contributed by atoms with Crippen LogP contribution in [-0.4, -0.2) is 51.8 Å². The van der Waals surface area contributed by atoms with Crippen LogP contribution >= 0.6 is 0 Å². The highest BCUT2D eigenvalue weighted by Gasteiger charge is 2.32. The summed E-state index contributed by atoms with van der Waals surface area (Å²) in [5.41, 5.74) is 9.34. The van der Waals surface area contributed by atoms with E-state index in [0.717, 1.165) is 49.4 Å². The van der Waals surface area contributed by atoms with E-state index >= 15 is 0 Å². The summed E-state index contributed by atoms with van der Waals surface area (Å²) >= 11 is 0. The van der Waals surface area contributed by atoms with Gasteiger partial charge in [-0.2, -0.15) is 5.10 Å². The molecule has 0 aliphatic carbocycles. The second kappa shape index (κ2) is 9.46. The Labute approximate surface area is 183 Å². The number of nitrogens with zero attached hydrogens (tertiary/aromatic N) is 3. The summed E-state index contributed by atoms with van der Waals surface area (Å²) in [6.07, 6.45) is 2.48. The molecule has 1 aromatic carbocycles. The van der Waals surface area contributed by atoms with Crippen molar-refractivity contribution in [3.8, 4) is 11.3 Å². The smallest absolute Gasteiger partial charge is 0.220 e. The van der Waals surface area contributed by atoms with Crippen LogP contribution in [0.5, 0.6) is 0 Å². The number of amides is 1. The fraction of sp³-hybridized carbons (Fsp3) is 0.565. The second-order valence-electron chi connectivity index (χ2n) is 9.00. The van der Waals surface area contributed by atoms with Crippen LogP contribution in [0.3, 0.4) is 0 Å². The molecule has 2 aliphatic heterocycles. The Morgan fingerprint density at radius 3 is 2.45 bits per heavy atom. The summed E-state index contributed by atoms with van der Waals surface area (Å²) in [7, 11) is 1.95. The molecule has 2 aliphatic rings. The minimum absolute atomic E-state index is 0.156. The lowest BCUT2D eigenvalue weighted by molar-refractivity contribution is -0.123. The van der Waals surface area contributed by atoms with Gasteiger partial charge in [0.05, 0.1) is 11.4 Å². The maximum absolute atomic E-state index is 13.2. The first kappa shape index (κ1) is 21.9. The molecule has 0 radical (unpaired) electrons. The monoisotopic (exact) mass is 428 g/mol. The van der Waals surface area contributed by atoms with E-state index in [4.69, 9.17) is 0 Å². The number of halogens is 1. The number of carbonyl (C=O) groups excluding carboxylic acids is 1. The van der Waals surface area contributed by atoms with E-state index in [0.29, 0.717) is 24.4 Å². The predicted molar refractivity (Wildman–Crippen MR) is 118 cm³/mol. The zero-order chi connectivity index (χ0) is 22.0. The molecule has 4 rings (SSSR count). The van der Waals surface area contributed by atoms with Crippen LogP contribution in [-0.2, 0) is 18.4 Å². The summed E-state index contributed by atoms with van der Waals surface area (Å²) < 4.78 is 15.1. The van der Waals surface area contributed by atoms with Crippen molar-refractivity contribution in [3.63, 3.8) is 0 Å². The van der Waals surface area contributed by atoms with Crippen LogP contribution in [0.2, 0.25) is 0 Å². The molecule has 31 heavy (non-hydrogen) atoms. The number of hydrazine groups is 1. The first-order valence-corrected chi connectivity index (χ1v) is 11.2. The number of hydrogen-bond acceptors (Lipinski definition) is 5. The first-order chi connectivity index (χ1) is 14.9. The van der Waals surface area contributed by atoms with E-state index in [9.17, 15) is 9.18 Å². The van der Waals surface area contributed by atoms with Gasteiger partial charge in [-0.1, -0.05) is 0 Å². The third kappa shape index (κ3) is 5.31. The highest BCUT2D eigenvalue weighted by atomic mass is 19.1. The summed E-state index contributed by atoms with van der Waals surface area (Å²) in [5, 5.41) is 7.84. The standard InChI is InChI=1S/C23H33FN6O/c1-15-21(16(2)27-26-15)13-23(31)25-19-8-10-30(11-9-19)14-20-12-22(28-29(20)3)17-4-6-18(24)7-5-17/h4-7,12,15-16,19,21,26-27H,8-11,13-14H2,1-3H3,(H,25,31). The number of hydrogen-bond donors (Lipinski definition) is 3. The fourth-order valence-electron chi connectivity index (χ4n) is 4.64. The Morgan fingerprint density at radius 1 is 1.16 bits per heavy atom. The summed E-state index contributed by atoms with van der Waals surface area (Å²) in [6, 6.07) is 9.38. The Balaban J connectivity index is 1.26. The van der Waals surface area contributed by atoms with E-state index in [-0.39, 0.29) is 17.8 Å². The van der Waals surface area contributed by atoms with Gasteiger partial charge >= 0.3 is 0 Å². The molecule has 0 spiro atoms. The molecule has 1 aromatic heterocycles. The van der Waals surface area contributed by atoms with Gasteiger partial charge in [0.25, 0.3) is 0 Å². The second-order valence-corrected chi connectivity index (χ2v) is 9.00. The number of piperidine rings is 1. The van der Waals surface area contributed by atoms with Crippen LogP contribution < -0.4 is 16.2 Å². The summed E-state index contributed by atoms with van der Waals surface area (Å²) in [6.45, 7) is 6.95. The molecule has 2 saturated heterocycles. The van der Waals surface area contributed by atoms with Gasteiger partial charge in [-0.3, -0.25) is 25.2 Å². The van der Waals surface area contributed by atoms with Crippen molar-refractivity contribution in [2.24, 2.45) is 13.0 Å². The lowest BCUT2D eigenvalue weighted by atomic mass is 9.92. The van der Waals surface area contributed by atoms with E-state index in [2.05, 4.69) is 46.1 Å². The van der Waals surface area contributed by atoms with Crippen molar-refractivity contribution in [1.82, 2.24) is 30.8 Å². The molecule has 8 heteroatoms. The normalized spacial score (nSPS) is 25.1. The third-order valence-corrected chi connectivity index (χ3v) is 6.70. The van der Waals surface area contributed by atoms with Crippen LogP contribution in [0, 0.1) is 11.7 Å². The van der Waals surface area contributed by atoms with Gasteiger partial charge in [0.2, 0.25) is 5.91 Å². The quantitative estimate of drug-likeness (QED) is 0.658. The van der Waals surface area contributed by atoms with Crippen molar-refractivity contribution >= 4 is 5.91 Å². The molecule has 0 bridgehead atoms. The number of carbonyl (C=O) groups is 1. The van der Waals surface area contributed by atoms with Gasteiger partial charge < -0.3 is 5.32 Å². The topological polar surface area (TPSA) is 74.2 Å². The Bertz CT molecular complexity index is 880. The highest BCUT2D eigenvalue weighted by molar-refractivity contribution is 5.76. The maximum atomic E-state index is 13.2. The van der Waals surface area contributed by atoms with E-state index in [1.807, 2.05) is 11.7 Å². The average Bonchev–Trinajstić information content (AvgIpc) is 3.26. The van der Waals surface area contributed by atoms with E-state index in [1.54, 1.807) is 12.1 Å². The first-order valence-electron chi connectivity index (χ1n) is 11.2. The molecular formula is C23H33FN6O. The summed E-state index contributed by atoms with van der Waals surface area (Å²) in [5.74, 6) is 0.235. The lowest BCUT2D eigenvalue weighted by Crippen LogP contribution is -2.45. The van der Waals surface area contributed by atoms with Gasteiger partial charge in [-0.15, -0.1) is 0 Å². The van der Waals surface area contributed by atoms with Gasteiger partial charge in [0.1, 0.15) is 5.82 Å². The Hall–Kier alpha value is -2.29. The van der Waals surface area contributed by atoms with Gasteiger partial charge in [0, 0.05) is 62.7 Å². The van der Waals surface area contributed by atoms with Crippen LogP contribution in [0.4, 0.5) is 4.39 Å². The zero-order valence-electron chi connectivity index (χ0n) is 18.6. The predicted octanol–water partition coefficient (Wildman–Crippen LogP) is 2.20. The molecule has 1 amide bonds. The number of aryl methyl sites for hydroxylation is 1. The number of benzene rings is 1. The minimum Gasteiger partial charge on any atom is -0.353 e. The van der Waals surface area contributed by atoms with Crippen molar-refractivity contribution in [2.45, 2.75) is 57.8 Å². The maximum Gasteiger partial charge on any atom is 0.220 e. The van der Waals surface area contributed by atoms with Gasteiger partial charge in [-0.05, 0) is 57.0 Å². The molecule has 168 valence electrons. The molecule has 7 nitrogen and oxygen atoms in total. The molecule has 2 aromatic rings. The number of likely N-dealkylation sites (tertiary alicyclic amines) is 1. The zero-order valence-corrected chi connectivity index (χ0v) is 18.6. The van der Waals surface area contributed by atoms with Gasteiger partial charge in [0.15, 0.2) is 0 Å². The number of nitrogens with one attached hydrogen (secondary N) is 3. The molecule has 3 heterocycles. The van der Waals surface area contributed by atoms with Crippen molar-refractivity contribution in [2.75, 3.05) is 13.1 Å². The Kier molecular flexibility index (Phi) is 6.69. The molecule has 0 saturated carbocycles. The summed E-state index contributed by atoms with van der Waals surface area (Å²) in [4.78, 5) is 14.9. The molecule has 2 atom stereocenters. The van der Waals surface area contributed by atoms with Crippen LogP contribution in [0.25, 0.3) is 11.3 Å². The molecular weight excluding hydrogens is 395 g/mol. The largest absolute Gasteiger partial charge is 0.353 e. The van der Waals surface area contributed by atoms with Crippen LogP contribution in [0.1, 0.15) is 38.8 Å². The van der Waals surface area contributed by atoms with Crippen LogP contribution in [0.15, 0.2) is 30.3 Å².